The second kappa shape index (κ2) is 11.1. The molecule has 7 rings (SSSR count). The Kier molecular flexibility index (Phi) is 7.39. The molecule has 4 saturated carbocycles. The first-order chi connectivity index (χ1) is 18.9. The molecule has 4 fully saturated rings. The van der Waals surface area contributed by atoms with Crippen LogP contribution in [0.5, 0.6) is 0 Å². The summed E-state index contributed by atoms with van der Waals surface area (Å²) in [6.45, 7) is 0.625. The van der Waals surface area contributed by atoms with E-state index in [1.54, 1.807) is 11.8 Å². The number of urea groups is 1. The molecule has 0 unspecified atom stereocenters. The van der Waals surface area contributed by atoms with E-state index in [2.05, 4.69) is 41.7 Å². The number of aliphatic carboxylic acids is 1. The molecule has 0 radical (unpaired) electrons. The number of nitrogens with one attached hydrogen (secondary N) is 1. The molecule has 0 saturated heterocycles. The third kappa shape index (κ3) is 6.17. The molecule has 4 aliphatic rings. The minimum atomic E-state index is -0.824. The van der Waals surface area contributed by atoms with E-state index in [-0.39, 0.29) is 18.0 Å². The van der Waals surface area contributed by atoms with E-state index in [0.29, 0.717) is 6.54 Å². The van der Waals surface area contributed by atoms with Crippen molar-refractivity contribution >= 4 is 29.4 Å². The van der Waals surface area contributed by atoms with Gasteiger partial charge in [-0.25, -0.2) is 4.79 Å². The number of carbonyl (C=O) groups is 2. The van der Waals surface area contributed by atoms with Crippen molar-refractivity contribution in [3.63, 3.8) is 0 Å². The Hall–Kier alpha value is -3.25. The Bertz CT molecular complexity index is 1270. The fraction of sp³-hybridized carbons (Fsp3) is 0.394. The SMILES string of the molecule is O=C(O)Cc1ccc(Sc2ccc(N(CCc3ccccc3)C(=O)NC34CC5CC(CC(C5)C3)C4)cc2)cc1. The molecule has 4 bridgehead atoms. The fourth-order valence-corrected chi connectivity index (χ4v) is 8.29. The second-order valence-electron chi connectivity index (χ2n) is 11.8. The minimum Gasteiger partial charge on any atom is -0.481 e. The summed E-state index contributed by atoms with van der Waals surface area (Å²) in [5, 5.41) is 12.6. The summed E-state index contributed by atoms with van der Waals surface area (Å²) in [4.78, 5) is 28.9. The average Bonchev–Trinajstić information content (AvgIpc) is 2.90. The van der Waals surface area contributed by atoms with E-state index >= 15 is 0 Å². The zero-order valence-electron chi connectivity index (χ0n) is 22.2. The van der Waals surface area contributed by atoms with Crippen molar-refractivity contribution < 1.29 is 14.7 Å². The van der Waals surface area contributed by atoms with E-state index in [0.717, 1.165) is 64.5 Å². The number of carbonyl (C=O) groups excluding carboxylic acids is 1. The number of carboxylic acid groups (broad SMARTS) is 1. The summed E-state index contributed by atoms with van der Waals surface area (Å²) in [6, 6.07) is 26.3. The van der Waals surface area contributed by atoms with Gasteiger partial charge in [0, 0.05) is 27.6 Å². The maximum atomic E-state index is 13.9. The van der Waals surface area contributed by atoms with E-state index < -0.39 is 5.97 Å². The van der Waals surface area contributed by atoms with Crippen molar-refractivity contribution in [2.75, 3.05) is 11.4 Å². The minimum absolute atomic E-state index is 0.0283. The van der Waals surface area contributed by atoms with Gasteiger partial charge in [0.1, 0.15) is 0 Å². The third-order valence-corrected chi connectivity index (χ3v) is 9.80. The summed E-state index contributed by atoms with van der Waals surface area (Å²) >= 11 is 1.63. The molecule has 0 aliphatic heterocycles. The molecular weight excluding hydrogens is 504 g/mol. The lowest BCUT2D eigenvalue weighted by Gasteiger charge is -2.57. The van der Waals surface area contributed by atoms with E-state index in [1.165, 1.54) is 24.8 Å². The first kappa shape index (κ1) is 26.0. The highest BCUT2D eigenvalue weighted by molar-refractivity contribution is 7.99. The number of carboxylic acids is 1. The molecule has 3 aromatic rings. The maximum Gasteiger partial charge on any atom is 0.322 e. The molecule has 2 amide bonds. The van der Waals surface area contributed by atoms with Gasteiger partial charge >= 0.3 is 12.0 Å². The number of nitrogens with zero attached hydrogens (tertiary/aromatic N) is 1. The topological polar surface area (TPSA) is 69.6 Å². The van der Waals surface area contributed by atoms with Crippen molar-refractivity contribution in [1.82, 2.24) is 5.32 Å². The van der Waals surface area contributed by atoms with Crippen molar-refractivity contribution in [2.24, 2.45) is 17.8 Å². The van der Waals surface area contributed by atoms with Gasteiger partial charge < -0.3 is 10.4 Å². The van der Waals surface area contributed by atoms with Gasteiger partial charge in [0.25, 0.3) is 0 Å². The Balaban J connectivity index is 1.17. The highest BCUT2D eigenvalue weighted by Gasteiger charge is 2.51. The quantitative estimate of drug-likeness (QED) is 0.301. The predicted octanol–water partition coefficient (Wildman–Crippen LogP) is 7.19. The molecule has 202 valence electrons. The molecule has 39 heavy (non-hydrogen) atoms. The second-order valence-corrected chi connectivity index (χ2v) is 13.0. The van der Waals surface area contributed by atoms with Gasteiger partial charge in [-0.3, -0.25) is 9.69 Å². The Labute approximate surface area is 235 Å². The smallest absolute Gasteiger partial charge is 0.322 e. The number of hydrogen-bond donors (Lipinski definition) is 2. The van der Waals surface area contributed by atoms with Gasteiger partial charge in [-0.15, -0.1) is 0 Å². The zero-order chi connectivity index (χ0) is 26.8. The van der Waals surface area contributed by atoms with Gasteiger partial charge in [-0.2, -0.15) is 0 Å². The molecular formula is C33H36N2O3S. The van der Waals surface area contributed by atoms with Crippen LogP contribution in [0.2, 0.25) is 0 Å². The summed E-state index contributed by atoms with van der Waals surface area (Å²) in [6.07, 6.45) is 8.31. The fourth-order valence-electron chi connectivity index (χ4n) is 7.47. The molecule has 0 aromatic heterocycles. The van der Waals surface area contributed by atoms with Gasteiger partial charge in [-0.1, -0.05) is 54.2 Å². The van der Waals surface area contributed by atoms with Crippen molar-refractivity contribution in [2.45, 2.75) is 66.7 Å². The lowest BCUT2D eigenvalue weighted by molar-refractivity contribution is -0.136. The standard InChI is InChI=1S/C33H36N2O3S/c36-31(37)19-24-6-10-29(11-7-24)39-30-12-8-28(9-13-30)35(15-14-23-4-2-1-3-5-23)32(38)34-33-20-25-16-26(21-33)18-27(17-25)22-33/h1-13,25-27H,14-22H2,(H,34,38)(H,36,37). The van der Waals surface area contributed by atoms with Gasteiger partial charge in [0.2, 0.25) is 0 Å². The highest BCUT2D eigenvalue weighted by atomic mass is 32.2. The maximum absolute atomic E-state index is 13.9. The van der Waals surface area contributed by atoms with Crippen LogP contribution >= 0.6 is 11.8 Å². The molecule has 4 aliphatic carbocycles. The van der Waals surface area contributed by atoms with Crippen molar-refractivity contribution in [3.05, 3.63) is 90.0 Å². The van der Waals surface area contributed by atoms with E-state index in [9.17, 15) is 9.59 Å². The lowest BCUT2D eigenvalue weighted by Crippen LogP contribution is -2.62. The van der Waals surface area contributed by atoms with Crippen LogP contribution in [0.3, 0.4) is 0 Å². The number of benzene rings is 3. The molecule has 0 heterocycles. The predicted molar refractivity (Wildman–Crippen MR) is 155 cm³/mol. The monoisotopic (exact) mass is 540 g/mol. The highest BCUT2D eigenvalue weighted by Crippen LogP contribution is 2.55. The van der Waals surface area contributed by atoms with Crippen LogP contribution < -0.4 is 10.2 Å². The number of hydrogen-bond acceptors (Lipinski definition) is 3. The lowest BCUT2D eigenvalue weighted by atomic mass is 9.53. The molecule has 6 heteroatoms. The Morgan fingerprint density at radius 1 is 0.795 bits per heavy atom. The summed E-state index contributed by atoms with van der Waals surface area (Å²) in [5.74, 6) is 1.52. The summed E-state index contributed by atoms with van der Waals surface area (Å²) in [5.41, 5.74) is 2.90. The van der Waals surface area contributed by atoms with Crippen LogP contribution in [0.4, 0.5) is 10.5 Å². The number of anilines is 1. The third-order valence-electron chi connectivity index (χ3n) is 8.79. The number of amides is 2. The van der Waals surface area contributed by atoms with Crippen LogP contribution in [-0.4, -0.2) is 29.2 Å². The van der Waals surface area contributed by atoms with Crippen LogP contribution in [0, 0.1) is 17.8 Å². The van der Waals surface area contributed by atoms with E-state index in [1.807, 2.05) is 47.4 Å². The molecule has 0 spiro atoms. The largest absolute Gasteiger partial charge is 0.481 e. The molecule has 3 aromatic carbocycles. The first-order valence-corrected chi connectivity index (χ1v) is 15.0. The van der Waals surface area contributed by atoms with Gasteiger partial charge in [-0.05, 0) is 110 Å². The summed E-state index contributed by atoms with van der Waals surface area (Å²) < 4.78 is 0. The van der Waals surface area contributed by atoms with Crippen LogP contribution in [-0.2, 0) is 17.6 Å². The Morgan fingerprint density at radius 3 is 1.92 bits per heavy atom. The Morgan fingerprint density at radius 2 is 1.36 bits per heavy atom. The van der Waals surface area contributed by atoms with Crippen LogP contribution in [0.25, 0.3) is 0 Å². The first-order valence-electron chi connectivity index (χ1n) is 14.2. The normalized spacial score (nSPS) is 24.9. The van der Waals surface area contributed by atoms with Crippen LogP contribution in [0.1, 0.15) is 49.7 Å². The van der Waals surface area contributed by atoms with Gasteiger partial charge in [0.05, 0.1) is 6.42 Å². The summed E-state index contributed by atoms with van der Waals surface area (Å²) in [7, 11) is 0. The molecule has 2 N–H and O–H groups in total. The average molecular weight is 541 g/mol. The number of rotatable bonds is 9. The molecule has 0 atom stereocenters. The van der Waals surface area contributed by atoms with Crippen LogP contribution in [0.15, 0.2) is 88.7 Å². The zero-order valence-corrected chi connectivity index (χ0v) is 23.0. The van der Waals surface area contributed by atoms with E-state index in [4.69, 9.17) is 5.11 Å². The van der Waals surface area contributed by atoms with Crippen molar-refractivity contribution in [1.29, 1.82) is 0 Å². The van der Waals surface area contributed by atoms with Crippen molar-refractivity contribution in [3.8, 4) is 0 Å². The molecule has 5 nitrogen and oxygen atoms in total. The van der Waals surface area contributed by atoms with Gasteiger partial charge in [0.15, 0.2) is 0 Å².